The third-order valence-corrected chi connectivity index (χ3v) is 10.5. The summed E-state index contributed by atoms with van der Waals surface area (Å²) in [6.45, 7) is 5.05. The summed E-state index contributed by atoms with van der Waals surface area (Å²) in [5, 5.41) is 0. The molecule has 41 heavy (non-hydrogen) atoms. The fourth-order valence-corrected chi connectivity index (χ4v) is 7.80. The highest BCUT2D eigenvalue weighted by atomic mass is 32.3. The Morgan fingerprint density at radius 2 is 1.78 bits per heavy atom. The van der Waals surface area contributed by atoms with Gasteiger partial charge in [-0.3, -0.25) is 13.9 Å². The summed E-state index contributed by atoms with van der Waals surface area (Å²) in [6.07, 6.45) is 7.33. The van der Waals surface area contributed by atoms with E-state index in [-0.39, 0.29) is 24.6 Å². The van der Waals surface area contributed by atoms with Gasteiger partial charge in [0.15, 0.2) is 0 Å². The molecule has 3 aromatic carbocycles. The molecule has 1 aliphatic heterocycles. The van der Waals surface area contributed by atoms with Crippen LogP contribution in [-0.4, -0.2) is 32.0 Å². The number of rotatable bonds is 10. The Balaban J connectivity index is 1.35. The fourth-order valence-electron chi connectivity index (χ4n) is 6.14. The highest BCUT2D eigenvalue weighted by Crippen LogP contribution is 2.57. The first kappa shape index (κ1) is 29.6. The maximum Gasteiger partial charge on any atom is 0.306 e. The number of ether oxygens (including phenoxy) is 2. The smallest absolute Gasteiger partial charge is 0.306 e. The van der Waals surface area contributed by atoms with Crippen molar-refractivity contribution >= 4 is 16.7 Å². The molecule has 0 bridgehead atoms. The molecule has 1 fully saturated rings. The summed E-state index contributed by atoms with van der Waals surface area (Å²) in [5.74, 6) is 1.12. The summed E-state index contributed by atoms with van der Waals surface area (Å²) < 4.78 is 36.3. The SMILES string of the molecule is Cc1ccc(C(CCC2CCCC2)CC(=O)OCc2ccccc2)cc1CN1C[C@@H](C)Oc2ccccc2S1(O)O. The second-order valence-corrected chi connectivity index (χ2v) is 13.7. The van der Waals surface area contributed by atoms with Crippen LogP contribution >= 0.6 is 10.8 Å². The van der Waals surface area contributed by atoms with Gasteiger partial charge in [-0.15, -0.1) is 10.8 Å². The van der Waals surface area contributed by atoms with E-state index >= 15 is 0 Å². The zero-order chi connectivity index (χ0) is 28.8. The molecule has 2 N–H and O–H groups in total. The molecule has 0 aromatic heterocycles. The maximum atomic E-state index is 13.0. The van der Waals surface area contributed by atoms with Gasteiger partial charge >= 0.3 is 5.97 Å². The van der Waals surface area contributed by atoms with Gasteiger partial charge in [0.1, 0.15) is 23.4 Å². The van der Waals surface area contributed by atoms with Gasteiger partial charge in [-0.25, -0.2) is 0 Å². The van der Waals surface area contributed by atoms with E-state index < -0.39 is 10.8 Å². The van der Waals surface area contributed by atoms with Crippen LogP contribution in [-0.2, 0) is 22.7 Å². The molecule has 3 aromatic rings. The van der Waals surface area contributed by atoms with E-state index in [1.807, 2.05) is 49.4 Å². The van der Waals surface area contributed by atoms with Crippen LogP contribution in [0.25, 0.3) is 0 Å². The average molecular weight is 578 g/mol. The molecule has 6 nitrogen and oxygen atoms in total. The Bertz CT molecular complexity index is 1310. The van der Waals surface area contributed by atoms with E-state index in [1.54, 1.807) is 16.4 Å². The number of hydrogen-bond acceptors (Lipinski definition) is 6. The molecule has 0 radical (unpaired) electrons. The topological polar surface area (TPSA) is 79.2 Å². The Morgan fingerprint density at radius 3 is 2.56 bits per heavy atom. The third kappa shape index (κ3) is 7.52. The van der Waals surface area contributed by atoms with Crippen LogP contribution in [0.15, 0.2) is 77.7 Å². The summed E-state index contributed by atoms with van der Waals surface area (Å²) in [4.78, 5) is 13.5. The second-order valence-electron chi connectivity index (χ2n) is 11.7. The number of carbonyl (C=O) groups excluding carboxylic acids is 1. The van der Waals surface area contributed by atoms with Crippen LogP contribution in [0.5, 0.6) is 5.75 Å². The third-order valence-electron chi connectivity index (χ3n) is 8.54. The number of nitrogens with zero attached hydrogens (tertiary/aromatic N) is 1. The van der Waals surface area contributed by atoms with E-state index in [9.17, 15) is 13.9 Å². The van der Waals surface area contributed by atoms with Gasteiger partial charge in [0.25, 0.3) is 0 Å². The number of aryl methyl sites for hydroxylation is 1. The van der Waals surface area contributed by atoms with Crippen LogP contribution in [0.4, 0.5) is 0 Å². The van der Waals surface area contributed by atoms with Crippen LogP contribution in [0.1, 0.15) is 80.0 Å². The van der Waals surface area contributed by atoms with Crippen molar-refractivity contribution in [1.82, 2.24) is 4.31 Å². The zero-order valence-electron chi connectivity index (χ0n) is 24.2. The van der Waals surface area contributed by atoms with E-state index in [4.69, 9.17) is 9.47 Å². The molecule has 0 spiro atoms. The second kappa shape index (κ2) is 13.4. The molecule has 220 valence electrons. The van der Waals surface area contributed by atoms with Crippen molar-refractivity contribution < 1.29 is 23.4 Å². The Morgan fingerprint density at radius 1 is 1.05 bits per heavy atom. The minimum absolute atomic E-state index is 0.0469. The molecule has 1 heterocycles. The standard InChI is InChI=1S/C34H43NO5S/c1-25-16-18-29(20-31(25)23-35-22-26(2)40-32-14-8-9-15-33(32)41(35,37)38)30(19-17-27-10-6-7-11-27)21-34(36)39-24-28-12-4-3-5-13-28/h3-5,8-9,12-16,18,20,26-27,30,37-38H,6-7,10-11,17,19,21-24H2,1-2H3/t26-,30?/m1/s1. The van der Waals surface area contributed by atoms with Crippen LogP contribution < -0.4 is 4.74 Å². The summed E-state index contributed by atoms with van der Waals surface area (Å²) in [5.41, 5.74) is 4.20. The maximum absolute atomic E-state index is 13.0. The normalized spacial score (nSPS) is 20.4. The molecule has 2 atom stereocenters. The lowest BCUT2D eigenvalue weighted by atomic mass is 9.86. The van der Waals surface area contributed by atoms with Crippen LogP contribution in [0.3, 0.4) is 0 Å². The van der Waals surface area contributed by atoms with Gasteiger partial charge < -0.3 is 9.47 Å². The predicted octanol–water partition coefficient (Wildman–Crippen LogP) is 8.49. The van der Waals surface area contributed by atoms with Crippen molar-refractivity contribution in [1.29, 1.82) is 0 Å². The van der Waals surface area contributed by atoms with Crippen LogP contribution in [0, 0.1) is 12.8 Å². The van der Waals surface area contributed by atoms with Crippen LogP contribution in [0.2, 0.25) is 0 Å². The first-order chi connectivity index (χ1) is 19.8. The lowest BCUT2D eigenvalue weighted by molar-refractivity contribution is -0.145. The molecule has 2 aliphatic rings. The van der Waals surface area contributed by atoms with Gasteiger partial charge in [-0.05, 0) is 72.9 Å². The number of benzene rings is 3. The molecule has 0 saturated heterocycles. The predicted molar refractivity (Wildman–Crippen MR) is 164 cm³/mol. The number of esters is 1. The Hall–Kier alpha value is -2.84. The van der Waals surface area contributed by atoms with E-state index in [1.165, 1.54) is 25.7 Å². The van der Waals surface area contributed by atoms with Crippen molar-refractivity contribution in [2.75, 3.05) is 6.54 Å². The lowest BCUT2D eigenvalue weighted by Crippen LogP contribution is -2.33. The Kier molecular flexibility index (Phi) is 9.71. The minimum atomic E-state index is -3.24. The van der Waals surface area contributed by atoms with Crippen molar-refractivity contribution in [3.8, 4) is 5.75 Å². The molecular weight excluding hydrogens is 534 g/mol. The van der Waals surface area contributed by atoms with Gasteiger partial charge in [-0.1, -0.05) is 86.3 Å². The summed E-state index contributed by atoms with van der Waals surface area (Å²) in [7, 11) is -3.24. The van der Waals surface area contributed by atoms with Gasteiger partial charge in [0.05, 0.1) is 13.0 Å². The number of hydrogen-bond donors (Lipinski definition) is 2. The lowest BCUT2D eigenvalue weighted by Gasteiger charge is -2.42. The summed E-state index contributed by atoms with van der Waals surface area (Å²) >= 11 is 0. The minimum Gasteiger partial charge on any atom is -0.487 e. The first-order valence-corrected chi connectivity index (χ1v) is 16.4. The summed E-state index contributed by atoms with van der Waals surface area (Å²) in [6, 6.07) is 23.4. The molecular formula is C34H43NO5S. The number of para-hydroxylation sites is 1. The number of fused-ring (bicyclic) bond motifs is 1. The first-order valence-electron chi connectivity index (χ1n) is 14.9. The fraction of sp³-hybridized carbons (Fsp3) is 0.441. The average Bonchev–Trinajstić information content (AvgIpc) is 3.46. The van der Waals surface area contributed by atoms with Crippen molar-refractivity contribution in [3.63, 3.8) is 0 Å². The van der Waals surface area contributed by atoms with Crippen molar-refractivity contribution in [2.24, 2.45) is 5.92 Å². The van der Waals surface area contributed by atoms with E-state index in [0.29, 0.717) is 30.2 Å². The molecule has 1 unspecified atom stereocenters. The zero-order valence-corrected chi connectivity index (χ0v) is 25.0. The molecule has 5 rings (SSSR count). The number of carbonyl (C=O) groups is 1. The molecule has 0 amide bonds. The molecule has 1 saturated carbocycles. The molecule has 1 aliphatic carbocycles. The van der Waals surface area contributed by atoms with Gasteiger partial charge in [0, 0.05) is 6.54 Å². The quantitative estimate of drug-likeness (QED) is 0.235. The van der Waals surface area contributed by atoms with Gasteiger partial charge in [-0.2, -0.15) is 4.31 Å². The van der Waals surface area contributed by atoms with E-state index in [2.05, 4.69) is 25.1 Å². The highest BCUT2D eigenvalue weighted by molar-refractivity contribution is 8.22. The largest absolute Gasteiger partial charge is 0.487 e. The Labute approximate surface area is 246 Å². The monoisotopic (exact) mass is 577 g/mol. The highest BCUT2D eigenvalue weighted by Gasteiger charge is 2.34. The van der Waals surface area contributed by atoms with Crippen molar-refractivity contribution in [2.45, 2.75) is 88.9 Å². The van der Waals surface area contributed by atoms with E-state index in [0.717, 1.165) is 41.0 Å². The van der Waals surface area contributed by atoms with Gasteiger partial charge in [0.2, 0.25) is 0 Å². The van der Waals surface area contributed by atoms with Crippen molar-refractivity contribution in [3.05, 3.63) is 95.1 Å². The molecule has 7 heteroatoms.